The van der Waals surface area contributed by atoms with Crippen LogP contribution < -0.4 is 33.9 Å². The highest BCUT2D eigenvalue weighted by Crippen LogP contribution is 2.05. The number of carbonyl (C=O) groups is 2. The van der Waals surface area contributed by atoms with Crippen molar-refractivity contribution in [2.45, 2.75) is 32.2 Å². The number of esters is 1. The number of rotatable bonds is 9. The number of hydrogen-bond donors (Lipinski definition) is 1. The van der Waals surface area contributed by atoms with Crippen molar-refractivity contribution in [3.63, 3.8) is 0 Å². The molecule has 0 unspecified atom stereocenters. The molecule has 0 bridgehead atoms. The molecule has 31 heavy (non-hydrogen) atoms. The second-order valence-electron chi connectivity index (χ2n) is 6.75. The number of aromatic nitrogens is 1. The number of amides is 1. The van der Waals surface area contributed by atoms with E-state index in [1.807, 2.05) is 95.8 Å². The van der Waals surface area contributed by atoms with Gasteiger partial charge in [0.2, 0.25) is 0 Å². The monoisotopic (exact) mass is 532 g/mol. The molecular formula is C24H25IN2O4. The van der Waals surface area contributed by atoms with Crippen molar-refractivity contribution in [3.05, 3.63) is 102 Å². The first-order valence-corrected chi connectivity index (χ1v) is 9.82. The van der Waals surface area contributed by atoms with Gasteiger partial charge in [0.15, 0.2) is 18.9 Å². The first-order valence-electron chi connectivity index (χ1n) is 9.82. The lowest BCUT2D eigenvalue weighted by Gasteiger charge is -2.16. The van der Waals surface area contributed by atoms with Gasteiger partial charge in [-0.25, -0.2) is 14.2 Å². The maximum atomic E-state index is 12.6. The molecule has 0 spiro atoms. The first kappa shape index (κ1) is 24.3. The number of pyridine rings is 1. The molecule has 0 aliphatic heterocycles. The Morgan fingerprint density at radius 2 is 1.29 bits per heavy atom. The number of carbonyl (C=O) groups excluding carboxylic acids is 2. The summed E-state index contributed by atoms with van der Waals surface area (Å²) < 4.78 is 12.6. The van der Waals surface area contributed by atoms with Gasteiger partial charge in [0.25, 0.3) is 0 Å². The number of halogens is 1. The van der Waals surface area contributed by atoms with Crippen LogP contribution in [0.25, 0.3) is 0 Å². The summed E-state index contributed by atoms with van der Waals surface area (Å²) in [5.74, 6) is -0.493. The van der Waals surface area contributed by atoms with E-state index in [0.29, 0.717) is 13.0 Å². The predicted molar refractivity (Wildman–Crippen MR) is 111 cm³/mol. The van der Waals surface area contributed by atoms with Crippen molar-refractivity contribution in [2.24, 2.45) is 0 Å². The average Bonchev–Trinajstić information content (AvgIpc) is 2.81. The highest BCUT2D eigenvalue weighted by atomic mass is 127. The van der Waals surface area contributed by atoms with Gasteiger partial charge >= 0.3 is 12.1 Å². The standard InChI is InChI=1S/C24H24N2O4.HI/c27-23(29-18-20-10-4-1-5-11-20)22(14-17-26-15-8-3-9-16-26)25-24(28)30-19-21-12-6-2-7-13-21;/h1-13,15-16,22H,14,17-19H2;1H/t22-;/m0./s1. The molecule has 1 atom stereocenters. The Labute approximate surface area is 199 Å². The Hall–Kier alpha value is -2.94. The first-order chi connectivity index (χ1) is 14.7. The third kappa shape index (κ3) is 8.75. The fourth-order valence-electron chi connectivity index (χ4n) is 2.85. The molecule has 0 saturated carbocycles. The van der Waals surface area contributed by atoms with E-state index in [2.05, 4.69) is 5.32 Å². The molecule has 1 aromatic heterocycles. The van der Waals surface area contributed by atoms with Crippen molar-refractivity contribution in [1.82, 2.24) is 5.32 Å². The van der Waals surface area contributed by atoms with Crippen LogP contribution in [0.2, 0.25) is 0 Å². The van der Waals surface area contributed by atoms with Crippen molar-refractivity contribution >= 4 is 12.1 Å². The maximum absolute atomic E-state index is 12.6. The third-order valence-corrected chi connectivity index (χ3v) is 4.47. The predicted octanol–water partition coefficient (Wildman–Crippen LogP) is 0.407. The Kier molecular flexibility index (Phi) is 10.5. The zero-order chi connectivity index (χ0) is 21.0. The van der Waals surface area contributed by atoms with E-state index in [1.54, 1.807) is 0 Å². The molecule has 0 aliphatic rings. The summed E-state index contributed by atoms with van der Waals surface area (Å²) in [4.78, 5) is 24.9. The Morgan fingerprint density at radius 3 is 1.87 bits per heavy atom. The van der Waals surface area contributed by atoms with Crippen molar-refractivity contribution in [3.8, 4) is 0 Å². The summed E-state index contributed by atoms with van der Waals surface area (Å²) in [5, 5.41) is 2.64. The van der Waals surface area contributed by atoms with Gasteiger partial charge in [-0.2, -0.15) is 0 Å². The second-order valence-corrected chi connectivity index (χ2v) is 6.75. The number of benzene rings is 2. The lowest BCUT2D eigenvalue weighted by Crippen LogP contribution is -3.00. The number of ether oxygens (including phenoxy) is 2. The van der Waals surface area contributed by atoms with Gasteiger partial charge in [-0.15, -0.1) is 0 Å². The van der Waals surface area contributed by atoms with Crippen molar-refractivity contribution < 1.29 is 47.6 Å². The van der Waals surface area contributed by atoms with Crippen LogP contribution >= 0.6 is 0 Å². The Bertz CT molecular complexity index is 924. The van der Waals surface area contributed by atoms with Gasteiger partial charge in [-0.05, 0) is 11.1 Å². The van der Waals surface area contributed by atoms with E-state index in [1.165, 1.54) is 0 Å². The summed E-state index contributed by atoms with van der Waals surface area (Å²) in [7, 11) is 0. The summed E-state index contributed by atoms with van der Waals surface area (Å²) in [5.41, 5.74) is 1.75. The zero-order valence-corrected chi connectivity index (χ0v) is 19.2. The van der Waals surface area contributed by atoms with E-state index in [-0.39, 0.29) is 37.2 Å². The van der Waals surface area contributed by atoms with Crippen LogP contribution in [-0.2, 0) is 34.0 Å². The molecular weight excluding hydrogens is 507 g/mol. The SMILES string of the molecule is O=C(N[C@@H](CC[n+]1ccccc1)C(=O)OCc1ccccc1)OCc1ccccc1.[I-]. The minimum Gasteiger partial charge on any atom is -1.00 e. The molecule has 0 radical (unpaired) electrons. The molecule has 0 fully saturated rings. The fraction of sp³-hybridized carbons (Fsp3) is 0.208. The minimum atomic E-state index is -0.815. The van der Waals surface area contributed by atoms with Crippen LogP contribution in [0.5, 0.6) is 0 Å². The topological polar surface area (TPSA) is 68.5 Å². The van der Waals surface area contributed by atoms with Crippen LogP contribution in [0.1, 0.15) is 17.5 Å². The number of aryl methyl sites for hydroxylation is 1. The molecule has 2 aromatic carbocycles. The largest absolute Gasteiger partial charge is 1.00 e. The maximum Gasteiger partial charge on any atom is 0.408 e. The molecule has 3 rings (SSSR count). The number of nitrogens with one attached hydrogen (secondary N) is 1. The molecule has 1 amide bonds. The van der Waals surface area contributed by atoms with E-state index >= 15 is 0 Å². The molecule has 0 aliphatic carbocycles. The molecule has 0 saturated heterocycles. The van der Waals surface area contributed by atoms with Crippen LogP contribution in [-0.4, -0.2) is 18.1 Å². The van der Waals surface area contributed by atoms with E-state index in [0.717, 1.165) is 11.1 Å². The number of hydrogen-bond acceptors (Lipinski definition) is 4. The van der Waals surface area contributed by atoms with Gasteiger partial charge in [0.1, 0.15) is 19.3 Å². The highest BCUT2D eigenvalue weighted by molar-refractivity contribution is 5.81. The molecule has 1 heterocycles. The van der Waals surface area contributed by atoms with Crippen LogP contribution in [0.3, 0.4) is 0 Å². The molecule has 162 valence electrons. The molecule has 1 N–H and O–H groups in total. The van der Waals surface area contributed by atoms with E-state index in [4.69, 9.17) is 9.47 Å². The molecule has 3 aromatic rings. The van der Waals surface area contributed by atoms with Gasteiger partial charge in [0, 0.05) is 18.6 Å². The highest BCUT2D eigenvalue weighted by Gasteiger charge is 2.24. The lowest BCUT2D eigenvalue weighted by molar-refractivity contribution is -0.697. The molecule has 7 heteroatoms. The van der Waals surface area contributed by atoms with Crippen molar-refractivity contribution in [1.29, 1.82) is 0 Å². The smallest absolute Gasteiger partial charge is 0.408 e. The average molecular weight is 532 g/mol. The lowest BCUT2D eigenvalue weighted by atomic mass is 10.2. The molecule has 6 nitrogen and oxygen atoms in total. The normalized spacial score (nSPS) is 11.0. The van der Waals surface area contributed by atoms with Gasteiger partial charge < -0.3 is 38.8 Å². The summed E-state index contributed by atoms with van der Waals surface area (Å²) in [6.45, 7) is 0.826. The second kappa shape index (κ2) is 13.4. The fourth-order valence-corrected chi connectivity index (χ4v) is 2.85. The van der Waals surface area contributed by atoms with Crippen LogP contribution in [0, 0.1) is 0 Å². The summed E-state index contributed by atoms with van der Waals surface area (Å²) in [6, 6.07) is 23.7. The van der Waals surface area contributed by atoms with Gasteiger partial charge in [0.05, 0.1) is 0 Å². The Balaban J connectivity index is 0.00000341. The number of nitrogens with zero attached hydrogens (tertiary/aromatic N) is 1. The van der Waals surface area contributed by atoms with E-state index < -0.39 is 18.1 Å². The van der Waals surface area contributed by atoms with E-state index in [9.17, 15) is 9.59 Å². The third-order valence-electron chi connectivity index (χ3n) is 4.47. The van der Waals surface area contributed by atoms with Gasteiger partial charge in [-0.3, -0.25) is 0 Å². The Morgan fingerprint density at radius 1 is 0.774 bits per heavy atom. The summed E-state index contributed by atoms with van der Waals surface area (Å²) in [6.07, 6.45) is 3.53. The minimum absolute atomic E-state index is 0. The quantitative estimate of drug-likeness (QED) is 0.246. The summed E-state index contributed by atoms with van der Waals surface area (Å²) >= 11 is 0. The van der Waals surface area contributed by atoms with Crippen LogP contribution in [0.4, 0.5) is 4.79 Å². The zero-order valence-electron chi connectivity index (χ0n) is 17.0. The van der Waals surface area contributed by atoms with Gasteiger partial charge in [-0.1, -0.05) is 66.7 Å². The number of alkyl carbamates (subject to hydrolysis) is 1. The van der Waals surface area contributed by atoms with Crippen LogP contribution in [0.15, 0.2) is 91.3 Å². The van der Waals surface area contributed by atoms with Crippen molar-refractivity contribution in [2.75, 3.05) is 0 Å².